The van der Waals surface area contributed by atoms with E-state index in [9.17, 15) is 26.3 Å². The number of carboxylic acid groups (broad SMARTS) is 2. The van der Waals surface area contributed by atoms with Crippen molar-refractivity contribution >= 4 is 11.9 Å². The molecule has 0 amide bonds. The number of rotatable bonds is 4. The van der Waals surface area contributed by atoms with E-state index in [4.69, 9.17) is 24.5 Å². The number of imidazole rings is 1. The van der Waals surface area contributed by atoms with Crippen LogP contribution in [0.15, 0.2) is 36.9 Å². The molecule has 1 aliphatic carbocycles. The lowest BCUT2D eigenvalue weighted by Crippen LogP contribution is -2.50. The van der Waals surface area contributed by atoms with Gasteiger partial charge in [0.15, 0.2) is 0 Å². The Morgan fingerprint density at radius 3 is 2.00 bits per heavy atom. The van der Waals surface area contributed by atoms with E-state index in [2.05, 4.69) is 26.5 Å². The van der Waals surface area contributed by atoms with Crippen LogP contribution < -0.4 is 4.74 Å². The van der Waals surface area contributed by atoms with E-state index in [-0.39, 0.29) is 0 Å². The van der Waals surface area contributed by atoms with E-state index in [0.29, 0.717) is 11.5 Å². The van der Waals surface area contributed by atoms with Crippen LogP contribution in [-0.4, -0.2) is 73.1 Å². The molecule has 2 aromatic heterocycles. The smallest absolute Gasteiger partial charge is 0.489 e. The number of likely N-dealkylation sites (tertiary alicyclic amines) is 1. The van der Waals surface area contributed by atoms with Gasteiger partial charge in [-0.1, -0.05) is 0 Å². The molecule has 2 aliphatic rings. The van der Waals surface area contributed by atoms with Crippen molar-refractivity contribution in [2.75, 3.05) is 13.1 Å². The van der Waals surface area contributed by atoms with Gasteiger partial charge in [-0.05, 0) is 56.3 Å². The lowest BCUT2D eigenvalue weighted by molar-refractivity contribution is -0.193. The average molecular weight is 540 g/mol. The third-order valence-corrected chi connectivity index (χ3v) is 5.95. The number of pyridine rings is 1. The van der Waals surface area contributed by atoms with Crippen molar-refractivity contribution in [1.29, 1.82) is 0 Å². The van der Waals surface area contributed by atoms with Crippen LogP contribution in [0.4, 0.5) is 26.3 Å². The molecule has 1 saturated carbocycles. The average Bonchev–Trinajstić information content (AvgIpc) is 3.18. The molecule has 0 atom stereocenters. The Bertz CT molecular complexity index is 989. The number of nitrogens with zero attached hydrogens (tertiary/aromatic N) is 4. The van der Waals surface area contributed by atoms with E-state index in [1.165, 1.54) is 38.8 Å². The summed E-state index contributed by atoms with van der Waals surface area (Å²) in [5.74, 6) is -3.45. The fraction of sp³-hybridized carbons (Fsp3) is 0.545. The Labute approximate surface area is 207 Å². The molecular weight excluding hydrogens is 514 g/mol. The van der Waals surface area contributed by atoms with E-state index < -0.39 is 24.3 Å². The number of halogens is 6. The zero-order valence-electron chi connectivity index (χ0n) is 19.7. The van der Waals surface area contributed by atoms with Crippen molar-refractivity contribution in [3.05, 3.63) is 42.7 Å². The summed E-state index contributed by atoms with van der Waals surface area (Å²) < 4.78 is 71.6. The molecule has 0 bridgehead atoms. The Kier molecular flexibility index (Phi) is 9.89. The van der Waals surface area contributed by atoms with E-state index >= 15 is 0 Å². The monoisotopic (exact) mass is 540 g/mol. The minimum absolute atomic E-state index is 0.375. The number of aliphatic carboxylic acids is 2. The predicted octanol–water partition coefficient (Wildman–Crippen LogP) is 3.91. The van der Waals surface area contributed by atoms with Crippen molar-refractivity contribution in [2.45, 2.75) is 50.7 Å². The maximum Gasteiger partial charge on any atom is 0.490 e. The molecular formula is C22H26F6N4O5. The van der Waals surface area contributed by atoms with Gasteiger partial charge in [0.05, 0.1) is 18.8 Å². The van der Waals surface area contributed by atoms with Crippen LogP contribution >= 0.6 is 0 Å². The van der Waals surface area contributed by atoms with Crippen molar-refractivity contribution in [3.8, 4) is 5.75 Å². The first-order valence-electron chi connectivity index (χ1n) is 11.0. The number of alkyl halides is 6. The van der Waals surface area contributed by atoms with Crippen LogP contribution in [0.1, 0.15) is 31.5 Å². The van der Waals surface area contributed by atoms with Crippen molar-refractivity contribution in [3.63, 3.8) is 0 Å². The number of aromatic nitrogens is 3. The van der Waals surface area contributed by atoms with Crippen LogP contribution in [0, 0.1) is 5.41 Å². The number of aryl methyl sites for hydroxylation is 1. The fourth-order valence-corrected chi connectivity index (χ4v) is 3.94. The lowest BCUT2D eigenvalue weighted by atomic mass is 9.61. The van der Waals surface area contributed by atoms with E-state index in [0.717, 1.165) is 18.1 Å². The number of carbonyl (C=O) groups is 2. The Morgan fingerprint density at radius 1 is 1.05 bits per heavy atom. The standard InChI is InChI=1S/C18H24N4O.2C2HF3O2/c1-21-10-7-20-17(21)14-22-8-4-18(5-9-22)11-16(12-18)23-15-3-2-6-19-13-15;2*3-2(4,5)1(6)7/h2-3,6-7,10,13,16H,4-5,8-9,11-12,14H2,1H3;2*(H,6,7). The summed E-state index contributed by atoms with van der Waals surface area (Å²) >= 11 is 0. The zero-order valence-corrected chi connectivity index (χ0v) is 19.7. The molecule has 0 aromatic carbocycles. The Hall–Kier alpha value is -3.36. The highest BCUT2D eigenvalue weighted by atomic mass is 19.4. The molecule has 2 fully saturated rings. The molecule has 0 unspecified atom stereocenters. The Morgan fingerprint density at radius 2 is 1.59 bits per heavy atom. The third kappa shape index (κ3) is 9.55. The number of ether oxygens (including phenoxy) is 1. The van der Waals surface area contributed by atoms with Crippen LogP contribution in [0.2, 0.25) is 0 Å². The summed E-state index contributed by atoms with van der Waals surface area (Å²) in [6.45, 7) is 3.31. The number of hydrogen-bond donors (Lipinski definition) is 2. The molecule has 37 heavy (non-hydrogen) atoms. The van der Waals surface area contributed by atoms with Gasteiger partial charge >= 0.3 is 24.3 Å². The van der Waals surface area contributed by atoms with Crippen LogP contribution in [0.25, 0.3) is 0 Å². The van der Waals surface area contributed by atoms with Crippen molar-refractivity contribution in [1.82, 2.24) is 19.4 Å². The SMILES string of the molecule is Cn1ccnc1CN1CCC2(CC1)CC(Oc1cccnc1)C2.O=C(O)C(F)(F)F.O=C(O)C(F)(F)F. The minimum atomic E-state index is -5.08. The molecule has 1 aliphatic heterocycles. The van der Waals surface area contributed by atoms with Gasteiger partial charge in [0, 0.05) is 25.6 Å². The molecule has 1 saturated heterocycles. The van der Waals surface area contributed by atoms with Gasteiger partial charge in [0.2, 0.25) is 0 Å². The second-order valence-electron chi connectivity index (χ2n) is 8.67. The number of hydrogen-bond acceptors (Lipinski definition) is 6. The molecule has 9 nitrogen and oxygen atoms in total. The van der Waals surface area contributed by atoms with Crippen LogP contribution in [0.3, 0.4) is 0 Å². The first-order valence-corrected chi connectivity index (χ1v) is 11.0. The largest absolute Gasteiger partial charge is 0.490 e. The highest BCUT2D eigenvalue weighted by Gasteiger charge is 2.47. The summed E-state index contributed by atoms with van der Waals surface area (Å²) in [5.41, 5.74) is 0.519. The predicted molar refractivity (Wildman–Crippen MR) is 115 cm³/mol. The summed E-state index contributed by atoms with van der Waals surface area (Å²) in [4.78, 5) is 28.9. The number of carboxylic acids is 2. The van der Waals surface area contributed by atoms with Gasteiger partial charge in [0.1, 0.15) is 11.6 Å². The zero-order chi connectivity index (χ0) is 27.9. The van der Waals surface area contributed by atoms with Gasteiger partial charge in [-0.15, -0.1) is 0 Å². The molecule has 206 valence electrons. The third-order valence-electron chi connectivity index (χ3n) is 5.95. The topological polar surface area (TPSA) is 118 Å². The number of piperidine rings is 1. The maximum atomic E-state index is 10.6. The summed E-state index contributed by atoms with van der Waals surface area (Å²) in [7, 11) is 2.07. The Balaban J connectivity index is 0.000000286. The van der Waals surface area contributed by atoms with Gasteiger partial charge in [-0.3, -0.25) is 9.88 Å². The molecule has 2 N–H and O–H groups in total. The van der Waals surface area contributed by atoms with Crippen LogP contribution in [0.5, 0.6) is 5.75 Å². The van der Waals surface area contributed by atoms with Gasteiger partial charge in [-0.25, -0.2) is 14.6 Å². The van der Waals surface area contributed by atoms with Crippen molar-refractivity contribution < 1.29 is 50.9 Å². The molecule has 4 rings (SSSR count). The second-order valence-corrected chi connectivity index (χ2v) is 8.67. The summed E-state index contributed by atoms with van der Waals surface area (Å²) in [6, 6.07) is 3.92. The van der Waals surface area contributed by atoms with Gasteiger partial charge in [0.25, 0.3) is 0 Å². The highest BCUT2D eigenvalue weighted by Crippen LogP contribution is 2.50. The van der Waals surface area contributed by atoms with Gasteiger partial charge < -0.3 is 19.5 Å². The molecule has 2 aromatic rings. The molecule has 0 radical (unpaired) electrons. The minimum Gasteiger partial charge on any atom is -0.489 e. The normalized spacial score (nSPS) is 17.5. The molecule has 3 heterocycles. The summed E-state index contributed by atoms with van der Waals surface area (Å²) in [6.07, 6.45) is 2.65. The van der Waals surface area contributed by atoms with Crippen molar-refractivity contribution in [2.24, 2.45) is 12.5 Å². The fourth-order valence-electron chi connectivity index (χ4n) is 3.94. The van der Waals surface area contributed by atoms with Gasteiger partial charge in [-0.2, -0.15) is 26.3 Å². The first-order chi connectivity index (χ1) is 17.1. The first kappa shape index (κ1) is 29.9. The van der Waals surface area contributed by atoms with E-state index in [1.807, 2.05) is 24.5 Å². The highest BCUT2D eigenvalue weighted by molar-refractivity contribution is 5.73. The van der Waals surface area contributed by atoms with Crippen LogP contribution in [-0.2, 0) is 23.2 Å². The van der Waals surface area contributed by atoms with E-state index in [1.54, 1.807) is 12.4 Å². The molecule has 15 heteroatoms. The lowest BCUT2D eigenvalue weighted by Gasteiger charge is -2.51. The molecule has 1 spiro atoms. The second kappa shape index (κ2) is 12.3. The quantitative estimate of drug-likeness (QED) is 0.561. The maximum absolute atomic E-state index is 10.6. The summed E-state index contributed by atoms with van der Waals surface area (Å²) in [5, 5.41) is 14.2.